The van der Waals surface area contributed by atoms with E-state index in [1.165, 1.54) is 0 Å². The first kappa shape index (κ1) is 7.62. The molecule has 12 heavy (non-hydrogen) atoms. The van der Waals surface area contributed by atoms with E-state index in [1.54, 1.807) is 4.68 Å². The Bertz CT molecular complexity index is 250. The highest BCUT2D eigenvalue weighted by Crippen LogP contribution is 1.95. The number of hydrogen-bond donors (Lipinski definition) is 4. The largest absolute Gasteiger partial charge is 0.255 e. The Morgan fingerprint density at radius 1 is 1.50 bits per heavy atom. The predicted molar refractivity (Wildman–Crippen MR) is 41.0 cm³/mol. The topological polar surface area (TPSA) is 78.8 Å². The van der Waals surface area contributed by atoms with Crippen molar-refractivity contribution in [1.82, 2.24) is 36.9 Å². The average Bonchev–Trinajstić information content (AvgIpc) is 2.63. The maximum absolute atomic E-state index is 3.96. The van der Waals surface area contributed by atoms with Crippen molar-refractivity contribution < 1.29 is 0 Å². The molecule has 0 aliphatic carbocycles. The first-order valence-corrected chi connectivity index (χ1v) is 3.71. The van der Waals surface area contributed by atoms with Crippen molar-refractivity contribution in [2.75, 3.05) is 0 Å². The summed E-state index contributed by atoms with van der Waals surface area (Å²) in [6, 6.07) is 0. The van der Waals surface area contributed by atoms with Gasteiger partial charge >= 0.3 is 0 Å². The van der Waals surface area contributed by atoms with E-state index in [0.29, 0.717) is 0 Å². The summed E-state index contributed by atoms with van der Waals surface area (Å²) >= 11 is 0. The maximum atomic E-state index is 3.96. The lowest BCUT2D eigenvalue weighted by molar-refractivity contribution is 0.516. The Labute approximate surface area is 69.4 Å². The summed E-state index contributed by atoms with van der Waals surface area (Å²) in [4.78, 5) is 0. The Morgan fingerprint density at radius 2 is 2.25 bits per heavy atom. The fourth-order valence-corrected chi connectivity index (χ4v) is 1.08. The van der Waals surface area contributed by atoms with Gasteiger partial charge in [0.2, 0.25) is 0 Å². The van der Waals surface area contributed by atoms with Crippen LogP contribution in [-0.2, 0) is 13.5 Å². The molecule has 0 radical (unpaired) electrons. The van der Waals surface area contributed by atoms with Gasteiger partial charge in [0.15, 0.2) is 0 Å². The van der Waals surface area contributed by atoms with Crippen LogP contribution in [0.5, 0.6) is 0 Å². The molecule has 1 aliphatic heterocycles. The Kier molecular flexibility index (Phi) is 2.00. The fraction of sp³-hybridized carbons (Fsp3) is 0.600. The van der Waals surface area contributed by atoms with Crippen LogP contribution in [-0.4, -0.2) is 21.2 Å². The van der Waals surface area contributed by atoms with Gasteiger partial charge in [0.1, 0.15) is 0 Å². The van der Waals surface area contributed by atoms with Crippen LogP contribution >= 0.6 is 0 Å². The van der Waals surface area contributed by atoms with Crippen molar-refractivity contribution in [3.8, 4) is 0 Å². The van der Waals surface area contributed by atoms with E-state index < -0.39 is 0 Å². The molecule has 1 aromatic heterocycles. The second kappa shape index (κ2) is 3.15. The molecule has 7 nitrogen and oxygen atoms in total. The molecule has 1 saturated heterocycles. The number of hydrogen-bond acceptors (Lipinski definition) is 6. The summed E-state index contributed by atoms with van der Waals surface area (Å²) in [5, 5.41) is 7.79. The molecular formula is C5H11N7. The van der Waals surface area contributed by atoms with E-state index in [4.69, 9.17) is 0 Å². The summed E-state index contributed by atoms with van der Waals surface area (Å²) in [7, 11) is 1.85. The Hall–Kier alpha value is -1.02. The normalized spacial score (nSPS) is 18.8. The van der Waals surface area contributed by atoms with Gasteiger partial charge < -0.3 is 0 Å². The third-order valence-corrected chi connectivity index (χ3v) is 1.62. The third-order valence-electron chi connectivity index (χ3n) is 1.62. The highest BCUT2D eigenvalue weighted by Gasteiger charge is 2.13. The standard InChI is InChI=1S/C5H11N7/c1-12-3-4(6-11-12)2-5-7-9-10-8-5/h3,5,7-10H,2H2,1H3. The van der Waals surface area contributed by atoms with Gasteiger partial charge in [-0.05, 0) is 0 Å². The van der Waals surface area contributed by atoms with E-state index in [1.807, 2.05) is 13.2 Å². The summed E-state index contributed by atoms with van der Waals surface area (Å²) in [5.41, 5.74) is 12.3. The van der Waals surface area contributed by atoms with Gasteiger partial charge in [-0.2, -0.15) is 11.1 Å². The van der Waals surface area contributed by atoms with Gasteiger partial charge in [-0.15, -0.1) is 5.10 Å². The van der Waals surface area contributed by atoms with E-state index in [-0.39, 0.29) is 6.17 Å². The Balaban J connectivity index is 1.94. The second-order valence-corrected chi connectivity index (χ2v) is 2.68. The molecule has 2 rings (SSSR count). The minimum absolute atomic E-state index is 0.154. The second-order valence-electron chi connectivity index (χ2n) is 2.68. The first-order chi connectivity index (χ1) is 5.84. The van der Waals surface area contributed by atoms with Crippen molar-refractivity contribution in [2.45, 2.75) is 12.6 Å². The lowest BCUT2D eigenvalue weighted by atomic mass is 10.3. The van der Waals surface area contributed by atoms with Gasteiger partial charge in [-0.25, -0.2) is 10.9 Å². The number of aromatic nitrogens is 3. The quantitative estimate of drug-likeness (QED) is 0.402. The average molecular weight is 169 g/mol. The zero-order valence-corrected chi connectivity index (χ0v) is 6.70. The van der Waals surface area contributed by atoms with E-state index in [9.17, 15) is 0 Å². The molecule has 1 aromatic rings. The van der Waals surface area contributed by atoms with Crippen LogP contribution in [0.1, 0.15) is 5.69 Å². The van der Waals surface area contributed by atoms with Crippen molar-refractivity contribution in [2.24, 2.45) is 7.05 Å². The summed E-state index contributed by atoms with van der Waals surface area (Å²) < 4.78 is 1.69. The molecule has 0 unspecified atom stereocenters. The third kappa shape index (κ3) is 1.59. The molecule has 0 aromatic carbocycles. The highest BCUT2D eigenvalue weighted by atomic mass is 15.8. The first-order valence-electron chi connectivity index (χ1n) is 3.71. The lowest BCUT2D eigenvalue weighted by Crippen LogP contribution is -2.35. The SMILES string of the molecule is Cn1cc(CC2NNNN2)nn1. The number of nitrogens with one attached hydrogen (secondary N) is 4. The molecule has 0 amide bonds. The van der Waals surface area contributed by atoms with E-state index >= 15 is 0 Å². The van der Waals surface area contributed by atoms with Gasteiger partial charge in [0.05, 0.1) is 11.9 Å². The lowest BCUT2D eigenvalue weighted by Gasteiger charge is -2.04. The summed E-state index contributed by atoms with van der Waals surface area (Å²) in [6.07, 6.45) is 2.83. The molecule has 1 aliphatic rings. The number of rotatable bonds is 2. The summed E-state index contributed by atoms with van der Waals surface area (Å²) in [6.45, 7) is 0. The zero-order valence-electron chi connectivity index (χ0n) is 6.70. The monoisotopic (exact) mass is 169 g/mol. The van der Waals surface area contributed by atoms with Gasteiger partial charge in [0, 0.05) is 19.7 Å². The molecule has 0 bridgehead atoms. The molecule has 7 heteroatoms. The van der Waals surface area contributed by atoms with Crippen LogP contribution in [0.25, 0.3) is 0 Å². The Morgan fingerprint density at radius 3 is 2.83 bits per heavy atom. The van der Waals surface area contributed by atoms with Gasteiger partial charge in [-0.3, -0.25) is 4.68 Å². The molecule has 2 heterocycles. The highest BCUT2D eigenvalue weighted by molar-refractivity contribution is 4.94. The smallest absolute Gasteiger partial charge is 0.0915 e. The fourth-order valence-electron chi connectivity index (χ4n) is 1.08. The molecule has 0 spiro atoms. The van der Waals surface area contributed by atoms with Crippen molar-refractivity contribution >= 4 is 0 Å². The van der Waals surface area contributed by atoms with Gasteiger partial charge in [-0.1, -0.05) is 5.21 Å². The minimum Gasteiger partial charge on any atom is -0.255 e. The van der Waals surface area contributed by atoms with Crippen LogP contribution in [0.3, 0.4) is 0 Å². The molecule has 0 saturated carbocycles. The van der Waals surface area contributed by atoms with Gasteiger partial charge in [0.25, 0.3) is 0 Å². The molecular weight excluding hydrogens is 158 g/mol. The molecule has 1 fully saturated rings. The predicted octanol–water partition coefficient (Wildman–Crippen LogP) is -2.20. The molecule has 66 valence electrons. The maximum Gasteiger partial charge on any atom is 0.0915 e. The minimum atomic E-state index is 0.154. The van der Waals surface area contributed by atoms with E-state index in [2.05, 4.69) is 32.2 Å². The van der Waals surface area contributed by atoms with Crippen molar-refractivity contribution in [3.63, 3.8) is 0 Å². The van der Waals surface area contributed by atoms with Crippen molar-refractivity contribution in [3.05, 3.63) is 11.9 Å². The van der Waals surface area contributed by atoms with E-state index in [0.717, 1.165) is 12.1 Å². The zero-order chi connectivity index (χ0) is 8.39. The number of hydrazine groups is 3. The van der Waals surface area contributed by atoms with Crippen molar-refractivity contribution in [1.29, 1.82) is 0 Å². The number of aryl methyl sites for hydroxylation is 1. The molecule has 0 atom stereocenters. The summed E-state index contributed by atoms with van der Waals surface area (Å²) in [5.74, 6) is 0. The van der Waals surface area contributed by atoms with Crippen LogP contribution in [0.2, 0.25) is 0 Å². The van der Waals surface area contributed by atoms with Crippen LogP contribution in [0.4, 0.5) is 0 Å². The van der Waals surface area contributed by atoms with Crippen LogP contribution in [0.15, 0.2) is 6.20 Å². The molecule has 4 N–H and O–H groups in total. The van der Waals surface area contributed by atoms with Crippen LogP contribution < -0.4 is 21.9 Å². The van der Waals surface area contributed by atoms with Crippen LogP contribution in [0, 0.1) is 0 Å². The number of nitrogens with zero attached hydrogens (tertiary/aromatic N) is 3.